The fraction of sp³-hybridized carbons (Fsp3) is 1.00. The lowest BCUT2D eigenvalue weighted by molar-refractivity contribution is -0.411. The van der Waals surface area contributed by atoms with Crippen molar-refractivity contribution in [3.63, 3.8) is 0 Å². The zero-order valence-corrected chi connectivity index (χ0v) is 48.8. The van der Waals surface area contributed by atoms with Crippen molar-refractivity contribution >= 4 is 0 Å². The van der Waals surface area contributed by atoms with E-state index < -0.39 is 205 Å². The topological polar surface area (TPSA) is 455 Å². The van der Waals surface area contributed by atoms with E-state index in [1.54, 1.807) is 0 Å². The maximum absolute atomic E-state index is 12.3. The third-order valence-electron chi connectivity index (χ3n) is 22.5. The van der Waals surface area contributed by atoms with Crippen LogP contribution in [0.5, 0.6) is 0 Å². The van der Waals surface area contributed by atoms with Crippen molar-refractivity contribution in [2.24, 2.45) is 52.3 Å². The summed E-state index contributed by atoms with van der Waals surface area (Å²) in [5.41, 5.74) is -0.191. The third kappa shape index (κ3) is 11.5. The van der Waals surface area contributed by atoms with Crippen LogP contribution in [0.25, 0.3) is 0 Å². The lowest BCUT2D eigenvalue weighted by atomic mass is 9.44. The molecule has 0 aromatic carbocycles. The van der Waals surface area contributed by atoms with Crippen LogP contribution in [0.2, 0.25) is 0 Å². The van der Waals surface area contributed by atoms with Gasteiger partial charge in [0.2, 0.25) is 0 Å². The molecular weight excluding hydrogens is 1150 g/mol. The highest BCUT2D eigenvalue weighted by Crippen LogP contribution is 2.71. The zero-order chi connectivity index (χ0) is 61.8. The Labute approximate surface area is 497 Å². The smallest absolute Gasteiger partial charge is 0.187 e. The first-order valence-corrected chi connectivity index (χ1v) is 30.9. The van der Waals surface area contributed by atoms with Gasteiger partial charge >= 0.3 is 0 Å². The molecule has 7 aliphatic heterocycles. The van der Waals surface area contributed by atoms with Crippen LogP contribution in [-0.4, -0.2) is 304 Å². The molecule has 0 aromatic heterocycles. The minimum atomic E-state index is -2.22. The van der Waals surface area contributed by atoms with Crippen molar-refractivity contribution in [3.05, 3.63) is 0 Å². The zero-order valence-electron chi connectivity index (χ0n) is 48.8. The van der Waals surface area contributed by atoms with Gasteiger partial charge < -0.3 is 144 Å². The molecule has 29 nitrogen and oxygen atoms in total. The monoisotopic (exact) mass is 1240 g/mol. The Kier molecular flexibility index (Phi) is 20.0. The van der Waals surface area contributed by atoms with Gasteiger partial charge in [-0.1, -0.05) is 27.7 Å². The maximum Gasteiger partial charge on any atom is 0.187 e. The number of hydrogen-bond donors (Lipinski definition) is 17. The van der Waals surface area contributed by atoms with Crippen molar-refractivity contribution in [2.75, 3.05) is 39.6 Å². The second-order valence-corrected chi connectivity index (χ2v) is 27.3. The van der Waals surface area contributed by atoms with Gasteiger partial charge in [-0.15, -0.1) is 0 Å². The van der Waals surface area contributed by atoms with E-state index in [2.05, 4.69) is 27.7 Å². The molecule has 11 rings (SSSR count). The van der Waals surface area contributed by atoms with Crippen LogP contribution in [0.3, 0.4) is 0 Å². The summed E-state index contributed by atoms with van der Waals surface area (Å²) in [6.07, 6.45) is -42.6. The minimum Gasteiger partial charge on any atom is -0.394 e. The summed E-state index contributed by atoms with van der Waals surface area (Å²) < 4.78 is 73.3. The molecular formula is C57H94O29. The van der Waals surface area contributed by atoms with Crippen molar-refractivity contribution in [1.82, 2.24) is 0 Å². The predicted octanol–water partition coefficient (Wildman–Crippen LogP) is -6.11. The van der Waals surface area contributed by atoms with Gasteiger partial charge in [-0.25, -0.2) is 0 Å². The Morgan fingerprint density at radius 3 is 1.42 bits per heavy atom. The van der Waals surface area contributed by atoms with Crippen LogP contribution in [0, 0.1) is 52.3 Å². The van der Waals surface area contributed by atoms with E-state index in [4.69, 9.17) is 56.8 Å². The molecule has 0 amide bonds. The largest absolute Gasteiger partial charge is 0.394 e. The van der Waals surface area contributed by atoms with Crippen LogP contribution in [0.4, 0.5) is 0 Å². The molecule has 7 saturated heterocycles. The first-order chi connectivity index (χ1) is 40.9. The summed E-state index contributed by atoms with van der Waals surface area (Å²) in [4.78, 5) is 0. The minimum absolute atomic E-state index is 0.0775. The molecule has 0 radical (unpaired) electrons. The molecule has 0 bridgehead atoms. The van der Waals surface area contributed by atoms with E-state index in [9.17, 15) is 86.8 Å². The van der Waals surface area contributed by atoms with E-state index in [1.807, 2.05) is 0 Å². The SMILES string of the molecule is CC1CC[C@@]2(OC1)OC1C[C@H]3[C@@H]4CCC5C[C@@H](OC6O[C@H](CO)[C@H](O)[C@H](OC7O[C@H](CO)[C@@H](O)[C@H](OC8O[C@H](CO)[C@@H](O)[C@H](OC9O[C@H](CO)[C@@H](O)[C@H](O)[C@H]9O)[C@H]8O)[C@H]7OC7O[C@H](CO)[C@@H](O)[C@H](O)[C@H]7O)[C@H]6O)[C@H](O)C[C@]5(C)[C@H]4CC[C@]3(C)C1[C@@H]2C. The quantitative estimate of drug-likeness (QED) is 0.0679. The summed E-state index contributed by atoms with van der Waals surface area (Å²) in [7, 11) is 0. The van der Waals surface area contributed by atoms with Gasteiger partial charge in [0, 0.05) is 12.3 Å². The predicted molar refractivity (Wildman–Crippen MR) is 282 cm³/mol. The Balaban J connectivity index is 0.820. The summed E-state index contributed by atoms with van der Waals surface area (Å²) in [6, 6.07) is 0. The van der Waals surface area contributed by atoms with Gasteiger partial charge in [0.05, 0.1) is 58.0 Å². The van der Waals surface area contributed by atoms with Gasteiger partial charge in [0.1, 0.15) is 122 Å². The normalized spacial score (nSPS) is 57.5. The fourth-order valence-electron chi connectivity index (χ4n) is 17.7. The lowest BCUT2D eigenvalue weighted by Gasteiger charge is -2.62. The van der Waals surface area contributed by atoms with Crippen LogP contribution in [0.15, 0.2) is 0 Å². The third-order valence-corrected chi connectivity index (χ3v) is 22.5. The highest BCUT2D eigenvalue weighted by atomic mass is 16.8. The number of fused-ring (bicyclic) bond motifs is 7. The molecule has 496 valence electrons. The van der Waals surface area contributed by atoms with E-state index in [0.717, 1.165) is 44.9 Å². The highest BCUT2D eigenvalue weighted by Gasteiger charge is 2.70. The number of hydrogen-bond acceptors (Lipinski definition) is 29. The van der Waals surface area contributed by atoms with E-state index in [-0.39, 0.29) is 28.8 Å². The molecule has 4 aliphatic carbocycles. The molecule has 9 unspecified atom stereocenters. The molecule has 11 aliphatic rings. The molecule has 11 fully saturated rings. The summed E-state index contributed by atoms with van der Waals surface area (Å²) in [6.45, 7) is 5.28. The highest BCUT2D eigenvalue weighted by molar-refractivity contribution is 5.16. The Morgan fingerprint density at radius 2 is 0.895 bits per heavy atom. The molecule has 0 aromatic rings. The van der Waals surface area contributed by atoms with Gasteiger partial charge in [-0.3, -0.25) is 0 Å². The van der Waals surface area contributed by atoms with E-state index in [1.165, 1.54) is 0 Å². The molecule has 86 heavy (non-hydrogen) atoms. The number of rotatable bonds is 15. The molecule has 17 N–H and O–H groups in total. The van der Waals surface area contributed by atoms with Crippen LogP contribution >= 0.6 is 0 Å². The Morgan fingerprint density at radius 1 is 0.430 bits per heavy atom. The van der Waals surface area contributed by atoms with Crippen molar-refractivity contribution in [1.29, 1.82) is 0 Å². The Bertz CT molecular complexity index is 2230. The number of aliphatic hydroxyl groups is 17. The fourth-order valence-corrected chi connectivity index (χ4v) is 17.7. The van der Waals surface area contributed by atoms with E-state index >= 15 is 0 Å². The molecule has 29 heteroatoms. The van der Waals surface area contributed by atoms with Crippen molar-refractivity contribution in [2.45, 2.75) is 263 Å². The first kappa shape index (κ1) is 66.3. The lowest BCUT2D eigenvalue weighted by Crippen LogP contribution is -2.69. The molecule has 38 atom stereocenters. The van der Waals surface area contributed by atoms with Gasteiger partial charge in [0.15, 0.2) is 37.2 Å². The average molecular weight is 1240 g/mol. The molecule has 4 saturated carbocycles. The van der Waals surface area contributed by atoms with Crippen molar-refractivity contribution < 1.29 is 144 Å². The molecule has 1 spiro atoms. The van der Waals surface area contributed by atoms with Crippen LogP contribution < -0.4 is 0 Å². The summed E-state index contributed by atoms with van der Waals surface area (Å²) >= 11 is 0. The van der Waals surface area contributed by atoms with Crippen LogP contribution in [-0.2, 0) is 56.8 Å². The average Bonchev–Trinajstić information content (AvgIpc) is 1.49. The second-order valence-electron chi connectivity index (χ2n) is 27.3. The maximum atomic E-state index is 12.3. The summed E-state index contributed by atoms with van der Waals surface area (Å²) in [5, 5.41) is 187. The second kappa shape index (κ2) is 26.0. The van der Waals surface area contributed by atoms with E-state index in [0.29, 0.717) is 49.0 Å². The van der Waals surface area contributed by atoms with Crippen molar-refractivity contribution in [3.8, 4) is 0 Å². The van der Waals surface area contributed by atoms with Gasteiger partial charge in [0.25, 0.3) is 0 Å². The number of ether oxygens (including phenoxy) is 12. The number of aliphatic hydroxyl groups excluding tert-OH is 17. The van der Waals surface area contributed by atoms with Crippen LogP contribution in [0.1, 0.15) is 85.5 Å². The summed E-state index contributed by atoms with van der Waals surface area (Å²) in [5.74, 6) is 1.91. The Hall–Kier alpha value is -1.16. The first-order valence-electron chi connectivity index (χ1n) is 30.9. The standard InChI is InChI=1S/C57H94O29/c1-20-7-10-57(75-19-20)21(2)34-28(86-57)12-25-23-6-5-22-11-27(26(63)13-56(22,4)24(23)8-9-55(25,34)3)76-52-44(73)47(38(67)31(16-60)79-52)83-54-49(85-51-43(72)41(70)36(65)30(15-59)78-51)48(39(68)33(18-62)81-54)84-53-45(74)46(37(66)32(17-61)80-53)82-50-42(71)40(69)35(64)29(14-58)77-50/h20-54,58-74H,5-19H2,1-4H3/t20?,21-,22?,23+,24-,25-,26+,27+,28?,29+,30+,31+,32+,33+,34?,35+,36+,37+,38-,39+,40-,41-,42+,43+,44+,45+,46-,47-,48-,49+,50?,51?,52?,53?,54?,55-,56-,57+/m0/s1. The molecule has 7 heterocycles. The van der Waals surface area contributed by atoms with Gasteiger partial charge in [-0.05, 0) is 97.7 Å². The van der Waals surface area contributed by atoms with Gasteiger partial charge in [-0.2, -0.15) is 0 Å².